The molecule has 0 spiro atoms. The maximum Gasteiger partial charge on any atom is 0.197 e. The molecule has 0 atom stereocenters. The van der Waals surface area contributed by atoms with Crippen LogP contribution in [0, 0.1) is 5.92 Å². The molecule has 1 heterocycles. The smallest absolute Gasteiger partial charge is 0.197 e. The van der Waals surface area contributed by atoms with Crippen molar-refractivity contribution in [3.63, 3.8) is 0 Å². The topological polar surface area (TPSA) is 54.2 Å². The van der Waals surface area contributed by atoms with Gasteiger partial charge in [0.15, 0.2) is 5.13 Å². The number of hydrazine groups is 1. The Morgan fingerprint density at radius 1 is 1.62 bits per heavy atom. The Hall–Kier alpha value is -0.650. The van der Waals surface area contributed by atoms with Gasteiger partial charge in [-0.15, -0.1) is 0 Å². The number of rotatable bonds is 7. The molecular formula is C11H20N4S. The summed E-state index contributed by atoms with van der Waals surface area (Å²) >= 11 is 1.65. The summed E-state index contributed by atoms with van der Waals surface area (Å²) in [5.41, 5.74) is 2.59. The Labute approximate surface area is 101 Å². The summed E-state index contributed by atoms with van der Waals surface area (Å²) in [7, 11) is 0. The molecule has 0 radical (unpaired) electrons. The molecule has 0 saturated heterocycles. The summed E-state index contributed by atoms with van der Waals surface area (Å²) < 4.78 is 0. The average Bonchev–Trinajstić information content (AvgIpc) is 2.96. The van der Waals surface area contributed by atoms with Crippen molar-refractivity contribution in [3.8, 4) is 0 Å². The van der Waals surface area contributed by atoms with E-state index < -0.39 is 0 Å². The van der Waals surface area contributed by atoms with Crippen molar-refractivity contribution in [2.75, 3.05) is 18.5 Å². The molecule has 16 heavy (non-hydrogen) atoms. The van der Waals surface area contributed by atoms with E-state index in [2.05, 4.69) is 22.2 Å². The molecule has 0 unspecified atom stereocenters. The average molecular weight is 240 g/mol. The molecule has 3 N–H and O–H groups in total. The van der Waals surface area contributed by atoms with E-state index in [1.165, 1.54) is 37.2 Å². The first-order chi connectivity index (χ1) is 7.81. The second-order valence-corrected chi connectivity index (χ2v) is 5.57. The zero-order valence-electron chi connectivity index (χ0n) is 9.78. The van der Waals surface area contributed by atoms with Crippen LogP contribution in [-0.2, 0) is 6.54 Å². The molecule has 0 aliphatic heterocycles. The highest BCUT2D eigenvalue weighted by Gasteiger charge is 2.24. The molecule has 90 valence electrons. The van der Waals surface area contributed by atoms with E-state index in [-0.39, 0.29) is 0 Å². The Morgan fingerprint density at radius 3 is 3.00 bits per heavy atom. The van der Waals surface area contributed by atoms with E-state index in [0.29, 0.717) is 0 Å². The van der Waals surface area contributed by atoms with Gasteiger partial charge in [0.2, 0.25) is 0 Å². The predicted molar refractivity (Wildman–Crippen MR) is 68.2 cm³/mol. The standard InChI is InChI=1S/C11H20N4S/c1-2-5-15(7-9-3-4-9)8-10-6-13-11(14-12)16-10/h6,9H,2-5,7-8,12H2,1H3,(H,13,14). The van der Waals surface area contributed by atoms with Gasteiger partial charge in [-0.3, -0.25) is 10.3 Å². The van der Waals surface area contributed by atoms with Crippen molar-refractivity contribution in [3.05, 3.63) is 11.1 Å². The second-order valence-electron chi connectivity index (χ2n) is 4.45. The number of thiazole rings is 1. The minimum absolute atomic E-state index is 0.804. The quantitative estimate of drug-likeness (QED) is 0.566. The Bertz CT molecular complexity index is 322. The van der Waals surface area contributed by atoms with Crippen LogP contribution in [0.3, 0.4) is 0 Å². The monoisotopic (exact) mass is 240 g/mol. The van der Waals surface area contributed by atoms with Gasteiger partial charge >= 0.3 is 0 Å². The molecule has 2 rings (SSSR count). The predicted octanol–water partition coefficient (Wildman–Crippen LogP) is 2.05. The van der Waals surface area contributed by atoms with Crippen molar-refractivity contribution < 1.29 is 0 Å². The van der Waals surface area contributed by atoms with E-state index in [1.807, 2.05) is 6.20 Å². The lowest BCUT2D eigenvalue weighted by Crippen LogP contribution is -2.25. The fourth-order valence-electron chi connectivity index (χ4n) is 1.88. The molecule has 1 aliphatic carbocycles. The lowest BCUT2D eigenvalue weighted by molar-refractivity contribution is 0.257. The number of aromatic nitrogens is 1. The molecule has 1 aliphatic rings. The SMILES string of the molecule is CCCN(Cc1cnc(NN)s1)CC1CC1. The lowest BCUT2D eigenvalue weighted by atomic mass is 10.3. The van der Waals surface area contributed by atoms with Gasteiger partial charge in [0.25, 0.3) is 0 Å². The van der Waals surface area contributed by atoms with Crippen molar-refractivity contribution in [1.82, 2.24) is 9.88 Å². The van der Waals surface area contributed by atoms with Crippen LogP contribution in [0.25, 0.3) is 0 Å². The molecule has 1 fully saturated rings. The summed E-state index contributed by atoms with van der Waals surface area (Å²) in [6.07, 6.45) is 5.97. The molecule has 0 bridgehead atoms. The van der Waals surface area contributed by atoms with Crippen LogP contribution in [-0.4, -0.2) is 23.0 Å². The Morgan fingerprint density at radius 2 is 2.44 bits per heavy atom. The highest BCUT2D eigenvalue weighted by molar-refractivity contribution is 7.15. The molecule has 0 amide bonds. The zero-order valence-corrected chi connectivity index (χ0v) is 10.6. The summed E-state index contributed by atoms with van der Waals surface area (Å²) in [6, 6.07) is 0. The van der Waals surface area contributed by atoms with Crippen LogP contribution in [0.1, 0.15) is 31.1 Å². The van der Waals surface area contributed by atoms with Gasteiger partial charge in [-0.25, -0.2) is 10.8 Å². The number of nitrogen functional groups attached to an aromatic ring is 1. The van der Waals surface area contributed by atoms with Gasteiger partial charge in [-0.2, -0.15) is 0 Å². The Balaban J connectivity index is 1.87. The lowest BCUT2D eigenvalue weighted by Gasteiger charge is -2.20. The van der Waals surface area contributed by atoms with E-state index in [1.54, 1.807) is 11.3 Å². The van der Waals surface area contributed by atoms with E-state index in [0.717, 1.165) is 17.6 Å². The van der Waals surface area contributed by atoms with Crippen LogP contribution in [0.15, 0.2) is 6.20 Å². The van der Waals surface area contributed by atoms with Crippen LogP contribution < -0.4 is 11.3 Å². The zero-order chi connectivity index (χ0) is 11.4. The molecule has 1 saturated carbocycles. The van der Waals surface area contributed by atoms with Crippen molar-refractivity contribution in [2.45, 2.75) is 32.7 Å². The maximum absolute atomic E-state index is 5.33. The van der Waals surface area contributed by atoms with E-state index in [9.17, 15) is 0 Å². The van der Waals surface area contributed by atoms with Gasteiger partial charge in [0, 0.05) is 24.2 Å². The first-order valence-electron chi connectivity index (χ1n) is 5.95. The minimum atomic E-state index is 0.804. The van der Waals surface area contributed by atoms with Crippen molar-refractivity contribution in [1.29, 1.82) is 0 Å². The van der Waals surface area contributed by atoms with Gasteiger partial charge in [0.1, 0.15) is 0 Å². The van der Waals surface area contributed by atoms with Gasteiger partial charge < -0.3 is 0 Å². The highest BCUT2D eigenvalue weighted by atomic mass is 32.1. The number of nitrogens with one attached hydrogen (secondary N) is 1. The molecule has 1 aromatic rings. The van der Waals surface area contributed by atoms with Gasteiger partial charge in [-0.1, -0.05) is 18.3 Å². The van der Waals surface area contributed by atoms with E-state index in [4.69, 9.17) is 5.84 Å². The van der Waals surface area contributed by atoms with E-state index >= 15 is 0 Å². The number of nitrogens with two attached hydrogens (primary N) is 1. The van der Waals surface area contributed by atoms with Crippen LogP contribution in [0.4, 0.5) is 5.13 Å². The number of hydrogen-bond acceptors (Lipinski definition) is 5. The number of anilines is 1. The fraction of sp³-hybridized carbons (Fsp3) is 0.727. The first-order valence-corrected chi connectivity index (χ1v) is 6.77. The third kappa shape index (κ3) is 3.43. The fourth-order valence-corrected chi connectivity index (χ4v) is 2.65. The normalized spacial score (nSPS) is 15.7. The van der Waals surface area contributed by atoms with Crippen molar-refractivity contribution >= 4 is 16.5 Å². The second kappa shape index (κ2) is 5.61. The minimum Gasteiger partial charge on any atom is -0.300 e. The van der Waals surface area contributed by atoms with Crippen LogP contribution in [0.5, 0.6) is 0 Å². The third-order valence-corrected chi connectivity index (χ3v) is 3.72. The largest absolute Gasteiger partial charge is 0.300 e. The van der Waals surface area contributed by atoms with Crippen LogP contribution >= 0.6 is 11.3 Å². The first kappa shape index (κ1) is 11.8. The number of nitrogens with zero attached hydrogens (tertiary/aromatic N) is 2. The molecule has 5 heteroatoms. The molecule has 0 aromatic carbocycles. The summed E-state index contributed by atoms with van der Waals surface area (Å²) in [6.45, 7) is 5.68. The third-order valence-electron chi connectivity index (χ3n) is 2.81. The summed E-state index contributed by atoms with van der Waals surface area (Å²) in [5, 5.41) is 0.804. The Kier molecular flexibility index (Phi) is 4.15. The summed E-state index contributed by atoms with van der Waals surface area (Å²) in [4.78, 5) is 8.03. The summed E-state index contributed by atoms with van der Waals surface area (Å²) in [5.74, 6) is 6.28. The maximum atomic E-state index is 5.33. The molecular weight excluding hydrogens is 220 g/mol. The highest BCUT2D eigenvalue weighted by Crippen LogP contribution is 2.30. The molecule has 4 nitrogen and oxygen atoms in total. The van der Waals surface area contributed by atoms with Gasteiger partial charge in [-0.05, 0) is 31.7 Å². The van der Waals surface area contributed by atoms with Crippen LogP contribution in [0.2, 0.25) is 0 Å². The van der Waals surface area contributed by atoms with Crippen molar-refractivity contribution in [2.24, 2.45) is 11.8 Å². The number of hydrogen-bond donors (Lipinski definition) is 2. The van der Waals surface area contributed by atoms with Gasteiger partial charge in [0.05, 0.1) is 0 Å². The molecule has 1 aromatic heterocycles.